The summed E-state index contributed by atoms with van der Waals surface area (Å²) in [4.78, 5) is 0. The highest BCUT2D eigenvalue weighted by molar-refractivity contribution is 8.21. The van der Waals surface area contributed by atoms with Crippen molar-refractivity contribution in [1.82, 2.24) is 0 Å². The molecule has 2 atom stereocenters. The van der Waals surface area contributed by atoms with E-state index in [9.17, 15) is 13.2 Å². The van der Waals surface area contributed by atoms with Gasteiger partial charge in [-0.15, -0.1) is 13.2 Å². The van der Waals surface area contributed by atoms with Gasteiger partial charge in [0.1, 0.15) is 0 Å². The van der Waals surface area contributed by atoms with Gasteiger partial charge in [0, 0.05) is 10.7 Å². The summed E-state index contributed by atoms with van der Waals surface area (Å²) in [6, 6.07) is 0. The molecule has 0 aromatic rings. The Morgan fingerprint density at radius 3 is 2.29 bits per heavy atom. The van der Waals surface area contributed by atoms with Gasteiger partial charge >= 0.3 is 6.36 Å². The second kappa shape index (κ2) is 4.10. The molecule has 0 saturated heterocycles. The highest BCUT2D eigenvalue weighted by atomic mass is 35.7. The van der Waals surface area contributed by atoms with Crippen molar-refractivity contribution in [1.29, 1.82) is 0 Å². The van der Waals surface area contributed by atoms with Gasteiger partial charge in [-0.05, 0) is 23.5 Å². The molecule has 1 rings (SSSR count). The fourth-order valence-electron chi connectivity index (χ4n) is 1.79. The van der Waals surface area contributed by atoms with E-state index in [-0.39, 0.29) is 5.25 Å². The molecule has 84 valence electrons. The van der Waals surface area contributed by atoms with E-state index in [0.29, 0.717) is 12.8 Å². The van der Waals surface area contributed by atoms with Crippen LogP contribution in [0.3, 0.4) is 0 Å². The highest BCUT2D eigenvalue weighted by Crippen LogP contribution is 2.48. The molecule has 0 heterocycles. The van der Waals surface area contributed by atoms with Crippen LogP contribution in [0.25, 0.3) is 0 Å². The van der Waals surface area contributed by atoms with Crippen LogP contribution in [0.15, 0.2) is 0 Å². The second-order valence-electron chi connectivity index (χ2n) is 4.03. The molecule has 14 heavy (non-hydrogen) atoms. The third kappa shape index (κ3) is 2.70. The van der Waals surface area contributed by atoms with Gasteiger partial charge in [-0.25, -0.2) is 0 Å². The van der Waals surface area contributed by atoms with E-state index in [1.807, 2.05) is 0 Å². The van der Waals surface area contributed by atoms with Crippen molar-refractivity contribution in [3.8, 4) is 0 Å². The minimum Gasteiger partial charge on any atom is -0.288 e. The Kier molecular flexibility index (Phi) is 3.65. The molecule has 0 N–H and O–H groups in total. The lowest BCUT2D eigenvalue weighted by atomic mass is 9.89. The minimum absolute atomic E-state index is 0.0246. The van der Waals surface area contributed by atoms with Crippen molar-refractivity contribution in [2.24, 2.45) is 5.41 Å². The van der Waals surface area contributed by atoms with E-state index in [4.69, 9.17) is 10.7 Å². The van der Waals surface area contributed by atoms with Gasteiger partial charge in [-0.3, -0.25) is 4.74 Å². The maximum atomic E-state index is 12.0. The summed E-state index contributed by atoms with van der Waals surface area (Å²) in [6.45, 7) is 3.52. The number of halogens is 4. The van der Waals surface area contributed by atoms with Crippen LogP contribution in [-0.2, 0) is 4.74 Å². The SMILES string of the molecule is CC1(C)C(OC(F)(F)F)CCC1SCl. The number of alkyl halides is 3. The Morgan fingerprint density at radius 1 is 1.36 bits per heavy atom. The number of ether oxygens (including phenoxy) is 1. The average Bonchev–Trinajstić information content (AvgIpc) is 2.24. The lowest BCUT2D eigenvalue weighted by molar-refractivity contribution is -0.350. The normalized spacial score (nSPS) is 32.1. The molecular formula is C8H12ClF3OS. The third-order valence-corrected chi connectivity index (χ3v) is 4.44. The molecule has 1 saturated carbocycles. The van der Waals surface area contributed by atoms with E-state index < -0.39 is 17.9 Å². The first-order valence-electron chi connectivity index (χ1n) is 4.29. The van der Waals surface area contributed by atoms with E-state index >= 15 is 0 Å². The van der Waals surface area contributed by atoms with Gasteiger partial charge in [-0.2, -0.15) is 0 Å². The first kappa shape index (κ1) is 12.5. The molecule has 2 unspecified atom stereocenters. The quantitative estimate of drug-likeness (QED) is 0.731. The topological polar surface area (TPSA) is 9.23 Å². The van der Waals surface area contributed by atoms with Crippen LogP contribution in [0, 0.1) is 5.41 Å². The Morgan fingerprint density at radius 2 is 1.93 bits per heavy atom. The molecule has 0 spiro atoms. The van der Waals surface area contributed by atoms with Crippen LogP contribution in [0.5, 0.6) is 0 Å². The van der Waals surface area contributed by atoms with Crippen molar-refractivity contribution < 1.29 is 17.9 Å². The zero-order valence-corrected chi connectivity index (χ0v) is 9.47. The van der Waals surface area contributed by atoms with Crippen molar-refractivity contribution in [2.45, 2.75) is 44.4 Å². The summed E-state index contributed by atoms with van der Waals surface area (Å²) >= 11 is 0. The van der Waals surface area contributed by atoms with E-state index in [1.165, 1.54) is 0 Å². The summed E-state index contributed by atoms with van der Waals surface area (Å²) in [5.74, 6) is 0. The van der Waals surface area contributed by atoms with Crippen molar-refractivity contribution in [3.05, 3.63) is 0 Å². The fraction of sp³-hybridized carbons (Fsp3) is 1.00. The van der Waals surface area contributed by atoms with E-state index in [0.717, 1.165) is 11.0 Å². The van der Waals surface area contributed by atoms with Crippen LogP contribution < -0.4 is 0 Å². The van der Waals surface area contributed by atoms with Gasteiger partial charge in [0.05, 0.1) is 6.10 Å². The zero-order chi connectivity index (χ0) is 11.0. The Hall–Kier alpha value is 0.390. The van der Waals surface area contributed by atoms with E-state index in [2.05, 4.69) is 4.74 Å². The molecule has 0 radical (unpaired) electrons. The molecule has 6 heteroatoms. The minimum atomic E-state index is -4.55. The first-order valence-corrected chi connectivity index (χ1v) is 6.00. The maximum absolute atomic E-state index is 12.0. The molecule has 0 aliphatic heterocycles. The van der Waals surface area contributed by atoms with Crippen LogP contribution in [-0.4, -0.2) is 17.7 Å². The predicted octanol–water partition coefficient (Wildman–Crippen LogP) is 3.97. The molecule has 0 aromatic carbocycles. The van der Waals surface area contributed by atoms with Crippen molar-refractivity contribution in [2.75, 3.05) is 0 Å². The molecular weight excluding hydrogens is 237 g/mol. The van der Waals surface area contributed by atoms with Gasteiger partial charge < -0.3 is 0 Å². The Balaban J connectivity index is 2.65. The van der Waals surface area contributed by atoms with Crippen LogP contribution in [0.4, 0.5) is 13.2 Å². The summed E-state index contributed by atoms with van der Waals surface area (Å²) in [7, 11) is 6.70. The first-order chi connectivity index (χ1) is 6.27. The summed E-state index contributed by atoms with van der Waals surface area (Å²) < 4.78 is 40.1. The van der Waals surface area contributed by atoms with Crippen molar-refractivity contribution in [3.63, 3.8) is 0 Å². The van der Waals surface area contributed by atoms with Crippen LogP contribution in [0.1, 0.15) is 26.7 Å². The summed E-state index contributed by atoms with van der Waals surface area (Å²) in [6.07, 6.45) is -4.24. The Bertz CT molecular complexity index is 207. The summed E-state index contributed by atoms with van der Waals surface area (Å²) in [5.41, 5.74) is -0.526. The number of hydrogen-bond donors (Lipinski definition) is 0. The summed E-state index contributed by atoms with van der Waals surface area (Å²) in [5, 5.41) is 0.0246. The standard InChI is InChI=1S/C8H12ClF3OS/c1-7(2)5(13-8(10,11)12)3-4-6(7)14-9/h5-6H,3-4H2,1-2H3. The van der Waals surface area contributed by atoms with Crippen LogP contribution in [0.2, 0.25) is 0 Å². The molecule has 0 bridgehead atoms. The molecule has 1 fully saturated rings. The van der Waals surface area contributed by atoms with Crippen LogP contribution >= 0.6 is 21.7 Å². The maximum Gasteiger partial charge on any atom is 0.522 e. The fourth-order valence-corrected chi connectivity index (χ4v) is 3.35. The molecule has 1 aliphatic carbocycles. The molecule has 0 amide bonds. The predicted molar refractivity (Wildman–Crippen MR) is 51.2 cm³/mol. The lowest BCUT2D eigenvalue weighted by Gasteiger charge is -2.31. The molecule has 1 aliphatic rings. The third-order valence-electron chi connectivity index (χ3n) is 2.73. The van der Waals surface area contributed by atoms with E-state index in [1.54, 1.807) is 13.8 Å². The average molecular weight is 249 g/mol. The Labute approximate surface area is 89.8 Å². The van der Waals surface area contributed by atoms with Gasteiger partial charge in [-0.1, -0.05) is 24.8 Å². The van der Waals surface area contributed by atoms with Gasteiger partial charge in [0.25, 0.3) is 0 Å². The largest absolute Gasteiger partial charge is 0.522 e. The monoisotopic (exact) mass is 248 g/mol. The molecule has 0 aromatic heterocycles. The van der Waals surface area contributed by atoms with Gasteiger partial charge in [0.2, 0.25) is 0 Å². The highest BCUT2D eigenvalue weighted by Gasteiger charge is 2.48. The second-order valence-corrected chi connectivity index (χ2v) is 5.31. The lowest BCUT2D eigenvalue weighted by Crippen LogP contribution is -2.36. The van der Waals surface area contributed by atoms with Gasteiger partial charge in [0.15, 0.2) is 0 Å². The molecule has 1 nitrogen and oxygen atoms in total. The zero-order valence-electron chi connectivity index (χ0n) is 7.90. The smallest absolute Gasteiger partial charge is 0.288 e. The number of rotatable bonds is 2. The number of hydrogen-bond acceptors (Lipinski definition) is 2. The van der Waals surface area contributed by atoms with Crippen molar-refractivity contribution >= 4 is 21.7 Å².